The molecule has 0 spiro atoms. The topological polar surface area (TPSA) is 65.6 Å². The molecule has 2 aromatic carbocycles. The fourth-order valence-corrected chi connectivity index (χ4v) is 4.83. The summed E-state index contributed by atoms with van der Waals surface area (Å²) >= 11 is 6.11. The molecule has 3 aromatic rings. The van der Waals surface area contributed by atoms with Crippen LogP contribution in [0.2, 0.25) is 5.02 Å². The summed E-state index contributed by atoms with van der Waals surface area (Å²) in [7, 11) is 1.60. The van der Waals surface area contributed by atoms with Crippen molar-refractivity contribution in [3.05, 3.63) is 70.4 Å². The molecule has 2 amide bonds. The minimum absolute atomic E-state index is 0.0263. The van der Waals surface area contributed by atoms with Crippen molar-refractivity contribution in [3.8, 4) is 0 Å². The van der Waals surface area contributed by atoms with E-state index in [0.717, 1.165) is 27.7 Å². The van der Waals surface area contributed by atoms with Crippen LogP contribution in [0.5, 0.6) is 0 Å². The number of piperazine rings is 1. The number of hydrogen-bond donors (Lipinski definition) is 1. The van der Waals surface area contributed by atoms with Gasteiger partial charge in [0.2, 0.25) is 11.8 Å². The van der Waals surface area contributed by atoms with Gasteiger partial charge in [-0.05, 0) is 29.3 Å². The number of fused-ring (bicyclic) bond motifs is 4. The number of carbonyl (C=O) groups excluding carboxylic acids is 2. The molecule has 1 fully saturated rings. The normalized spacial score (nSPS) is 21.1. The van der Waals surface area contributed by atoms with Gasteiger partial charge in [-0.25, -0.2) is 0 Å². The summed E-state index contributed by atoms with van der Waals surface area (Å²) in [6.45, 7) is 0.890. The smallest absolute Gasteiger partial charge is 0.246 e. The average Bonchev–Trinajstić information content (AvgIpc) is 3.13. The Balaban J connectivity index is 1.66. The Morgan fingerprint density at radius 1 is 1.13 bits per heavy atom. The van der Waals surface area contributed by atoms with E-state index in [4.69, 9.17) is 16.3 Å². The van der Waals surface area contributed by atoms with E-state index in [1.165, 1.54) is 0 Å². The molecular formula is C23H22ClN3O3. The number of benzene rings is 2. The number of methoxy groups -OCH3 is 1. The number of para-hydroxylation sites is 1. The highest BCUT2D eigenvalue weighted by molar-refractivity contribution is 6.30. The van der Waals surface area contributed by atoms with Crippen molar-refractivity contribution in [1.29, 1.82) is 0 Å². The molecule has 1 aromatic heterocycles. The van der Waals surface area contributed by atoms with Crippen LogP contribution in [-0.4, -0.2) is 59.4 Å². The Morgan fingerprint density at radius 3 is 2.67 bits per heavy atom. The third kappa shape index (κ3) is 2.99. The third-order valence-electron chi connectivity index (χ3n) is 6.09. The van der Waals surface area contributed by atoms with Gasteiger partial charge in [0.25, 0.3) is 0 Å². The van der Waals surface area contributed by atoms with E-state index in [9.17, 15) is 9.59 Å². The van der Waals surface area contributed by atoms with Gasteiger partial charge in [-0.1, -0.05) is 41.9 Å². The number of carbonyl (C=O) groups is 2. The molecule has 0 bridgehead atoms. The van der Waals surface area contributed by atoms with Crippen molar-refractivity contribution < 1.29 is 14.3 Å². The highest BCUT2D eigenvalue weighted by Gasteiger charge is 2.48. The van der Waals surface area contributed by atoms with Crippen LogP contribution in [-0.2, 0) is 20.7 Å². The van der Waals surface area contributed by atoms with Crippen LogP contribution < -0.4 is 0 Å². The number of rotatable bonds is 4. The number of aromatic nitrogens is 1. The van der Waals surface area contributed by atoms with E-state index >= 15 is 0 Å². The standard InChI is InChI=1S/C23H22ClN3O3/c1-30-11-10-26-13-20(28)27-19(23(26)29)12-17-16-4-2-3-5-18(16)25-21(17)22(27)14-6-8-15(24)9-7-14/h2-9,19,22,25H,10-13H2,1H3/t19-,22+/m0/s1. The van der Waals surface area contributed by atoms with E-state index in [0.29, 0.717) is 24.6 Å². The van der Waals surface area contributed by atoms with Gasteiger partial charge in [-0.2, -0.15) is 0 Å². The van der Waals surface area contributed by atoms with Crippen molar-refractivity contribution in [2.45, 2.75) is 18.5 Å². The number of ether oxygens (including phenoxy) is 1. The van der Waals surface area contributed by atoms with Crippen LogP contribution in [0.1, 0.15) is 22.9 Å². The van der Waals surface area contributed by atoms with E-state index in [-0.39, 0.29) is 24.4 Å². The summed E-state index contributed by atoms with van der Waals surface area (Å²) in [6.07, 6.45) is 0.498. The van der Waals surface area contributed by atoms with Gasteiger partial charge in [0.05, 0.1) is 19.2 Å². The fourth-order valence-electron chi connectivity index (χ4n) is 4.71. The first-order valence-electron chi connectivity index (χ1n) is 10.0. The van der Waals surface area contributed by atoms with Gasteiger partial charge in [0.15, 0.2) is 0 Å². The molecule has 0 unspecified atom stereocenters. The summed E-state index contributed by atoms with van der Waals surface area (Å²) in [5, 5.41) is 1.73. The number of nitrogens with one attached hydrogen (secondary N) is 1. The molecule has 1 saturated heterocycles. The summed E-state index contributed by atoms with van der Waals surface area (Å²) < 4.78 is 5.13. The Labute approximate surface area is 179 Å². The van der Waals surface area contributed by atoms with Gasteiger partial charge >= 0.3 is 0 Å². The maximum atomic E-state index is 13.4. The lowest BCUT2D eigenvalue weighted by Crippen LogP contribution is -2.63. The van der Waals surface area contributed by atoms with E-state index in [1.807, 2.05) is 42.5 Å². The Morgan fingerprint density at radius 2 is 1.90 bits per heavy atom. The summed E-state index contributed by atoms with van der Waals surface area (Å²) in [4.78, 5) is 33.5. The van der Waals surface area contributed by atoms with Gasteiger partial charge in [-0.15, -0.1) is 0 Å². The number of nitrogens with zero attached hydrogens (tertiary/aromatic N) is 2. The summed E-state index contributed by atoms with van der Waals surface area (Å²) in [6, 6.07) is 14.7. The van der Waals surface area contributed by atoms with Crippen LogP contribution in [0, 0.1) is 0 Å². The van der Waals surface area contributed by atoms with Crippen molar-refractivity contribution in [2.75, 3.05) is 26.8 Å². The zero-order valence-electron chi connectivity index (χ0n) is 16.6. The Bertz CT molecular complexity index is 1120. The quantitative estimate of drug-likeness (QED) is 0.701. The molecule has 0 saturated carbocycles. The van der Waals surface area contributed by atoms with E-state index in [2.05, 4.69) is 11.1 Å². The second kappa shape index (κ2) is 7.45. The second-order valence-electron chi connectivity index (χ2n) is 7.79. The Kier molecular flexibility index (Phi) is 4.76. The van der Waals surface area contributed by atoms with E-state index < -0.39 is 6.04 Å². The van der Waals surface area contributed by atoms with Gasteiger partial charge in [0, 0.05) is 41.7 Å². The van der Waals surface area contributed by atoms with Crippen LogP contribution in [0.15, 0.2) is 48.5 Å². The van der Waals surface area contributed by atoms with Crippen LogP contribution in [0.4, 0.5) is 0 Å². The number of halogens is 1. The molecule has 3 heterocycles. The monoisotopic (exact) mass is 423 g/mol. The molecule has 0 aliphatic carbocycles. The van der Waals surface area contributed by atoms with Gasteiger partial charge < -0.3 is 19.5 Å². The first-order valence-corrected chi connectivity index (χ1v) is 10.4. The SMILES string of the molecule is COCCN1CC(=O)N2[C@H](c3ccc(Cl)cc3)c3[nH]c4ccccc4c3C[C@H]2C1=O. The molecule has 0 radical (unpaired) electrons. The van der Waals surface area contributed by atoms with E-state index in [1.54, 1.807) is 16.9 Å². The highest BCUT2D eigenvalue weighted by Crippen LogP contribution is 2.42. The average molecular weight is 424 g/mol. The lowest BCUT2D eigenvalue weighted by Gasteiger charge is -2.47. The molecule has 30 heavy (non-hydrogen) atoms. The van der Waals surface area contributed by atoms with Crippen molar-refractivity contribution in [3.63, 3.8) is 0 Å². The zero-order valence-corrected chi connectivity index (χ0v) is 17.4. The molecule has 2 atom stereocenters. The number of H-pyrrole nitrogens is 1. The molecule has 2 aliphatic heterocycles. The molecule has 1 N–H and O–H groups in total. The summed E-state index contributed by atoms with van der Waals surface area (Å²) in [5.41, 5.74) is 4.02. The lowest BCUT2D eigenvalue weighted by atomic mass is 9.86. The number of hydrogen-bond acceptors (Lipinski definition) is 3. The molecule has 7 heteroatoms. The van der Waals surface area contributed by atoms with Gasteiger partial charge in [0.1, 0.15) is 6.04 Å². The predicted octanol–water partition coefficient (Wildman–Crippen LogP) is 3.15. The first kappa shape index (κ1) is 19.2. The maximum absolute atomic E-state index is 13.4. The van der Waals surface area contributed by atoms with Crippen LogP contribution >= 0.6 is 11.6 Å². The van der Waals surface area contributed by atoms with Crippen molar-refractivity contribution >= 4 is 34.3 Å². The highest BCUT2D eigenvalue weighted by atomic mass is 35.5. The number of amides is 2. The summed E-state index contributed by atoms with van der Waals surface area (Å²) in [5.74, 6) is -0.0819. The maximum Gasteiger partial charge on any atom is 0.246 e. The van der Waals surface area contributed by atoms with Crippen molar-refractivity contribution in [1.82, 2.24) is 14.8 Å². The minimum Gasteiger partial charge on any atom is -0.383 e. The molecule has 6 nitrogen and oxygen atoms in total. The van der Waals surface area contributed by atoms with Crippen LogP contribution in [0.3, 0.4) is 0 Å². The van der Waals surface area contributed by atoms with Gasteiger partial charge in [-0.3, -0.25) is 9.59 Å². The van der Waals surface area contributed by atoms with Crippen LogP contribution in [0.25, 0.3) is 10.9 Å². The predicted molar refractivity (Wildman–Crippen MR) is 114 cm³/mol. The largest absolute Gasteiger partial charge is 0.383 e. The number of aromatic amines is 1. The molecule has 2 aliphatic rings. The second-order valence-corrected chi connectivity index (χ2v) is 8.23. The Hall–Kier alpha value is -2.83. The van der Waals surface area contributed by atoms with Crippen molar-refractivity contribution in [2.24, 2.45) is 0 Å². The molecule has 5 rings (SSSR count). The fraction of sp³-hybridized carbons (Fsp3) is 0.304. The first-order chi connectivity index (χ1) is 14.6. The molecular weight excluding hydrogens is 402 g/mol. The molecule has 154 valence electrons. The minimum atomic E-state index is -0.532. The zero-order chi connectivity index (χ0) is 20.8. The third-order valence-corrected chi connectivity index (χ3v) is 6.35. The lowest BCUT2D eigenvalue weighted by molar-refractivity contribution is -0.159.